The summed E-state index contributed by atoms with van der Waals surface area (Å²) in [5, 5.41) is 3.35. The van der Waals surface area contributed by atoms with Crippen LogP contribution < -0.4 is 5.32 Å². The van der Waals surface area contributed by atoms with E-state index < -0.39 is 11.6 Å². The number of hydrogen-bond acceptors (Lipinski definition) is 1. The molecule has 2 aliphatic carbocycles. The van der Waals surface area contributed by atoms with E-state index >= 15 is 0 Å². The Labute approximate surface area is 106 Å². The van der Waals surface area contributed by atoms with Crippen LogP contribution in [0.1, 0.15) is 31.4 Å². The first-order valence-electron chi connectivity index (χ1n) is 6.53. The van der Waals surface area contributed by atoms with E-state index in [-0.39, 0.29) is 11.6 Å². The van der Waals surface area contributed by atoms with Crippen LogP contribution in [0.3, 0.4) is 0 Å². The van der Waals surface area contributed by atoms with Crippen molar-refractivity contribution in [1.82, 2.24) is 5.32 Å². The number of rotatable bonds is 3. The summed E-state index contributed by atoms with van der Waals surface area (Å²) < 4.78 is 27.3. The first kappa shape index (κ1) is 11.8. The van der Waals surface area contributed by atoms with Gasteiger partial charge in [-0.1, -0.05) is 18.2 Å². The van der Waals surface area contributed by atoms with E-state index in [1.165, 1.54) is 18.2 Å². The molecule has 0 bridgehead atoms. The molecule has 0 aromatic heterocycles. The van der Waals surface area contributed by atoms with Gasteiger partial charge in [0.05, 0.1) is 0 Å². The standard InChI is InChI=1S/C15H17F2N/c1-9(15-12(16)6-3-7-13(15)17)18-14-8-10-4-2-5-11(10)14/h2-3,5-7,9-11,14,18H,4,8H2,1H3. The smallest absolute Gasteiger partial charge is 0.130 e. The molecule has 2 aliphatic rings. The molecule has 96 valence electrons. The molecule has 0 radical (unpaired) electrons. The molecule has 3 heteroatoms. The lowest BCUT2D eigenvalue weighted by Crippen LogP contribution is -2.48. The molecule has 0 aliphatic heterocycles. The molecule has 4 atom stereocenters. The van der Waals surface area contributed by atoms with Gasteiger partial charge in [0.1, 0.15) is 11.6 Å². The summed E-state index contributed by atoms with van der Waals surface area (Å²) in [6.07, 6.45) is 6.71. The van der Waals surface area contributed by atoms with Crippen molar-refractivity contribution in [2.45, 2.75) is 31.8 Å². The van der Waals surface area contributed by atoms with Gasteiger partial charge in [-0.15, -0.1) is 0 Å². The Bertz CT molecular complexity index is 463. The topological polar surface area (TPSA) is 12.0 Å². The van der Waals surface area contributed by atoms with Gasteiger partial charge in [0.15, 0.2) is 0 Å². The predicted octanol–water partition coefficient (Wildman–Crippen LogP) is 3.58. The zero-order valence-electron chi connectivity index (χ0n) is 10.4. The normalized spacial score (nSPS) is 30.9. The van der Waals surface area contributed by atoms with Crippen LogP contribution in [-0.2, 0) is 0 Å². The maximum Gasteiger partial charge on any atom is 0.130 e. The fourth-order valence-corrected chi connectivity index (χ4v) is 3.24. The van der Waals surface area contributed by atoms with Crippen molar-refractivity contribution in [3.8, 4) is 0 Å². The number of benzene rings is 1. The van der Waals surface area contributed by atoms with Crippen molar-refractivity contribution in [1.29, 1.82) is 0 Å². The van der Waals surface area contributed by atoms with Gasteiger partial charge in [0.25, 0.3) is 0 Å². The van der Waals surface area contributed by atoms with Crippen LogP contribution in [0.5, 0.6) is 0 Å². The van der Waals surface area contributed by atoms with Crippen molar-refractivity contribution in [3.63, 3.8) is 0 Å². The third-order valence-electron chi connectivity index (χ3n) is 4.26. The molecule has 1 saturated carbocycles. The Balaban J connectivity index is 1.71. The molecule has 1 N–H and O–H groups in total. The Kier molecular flexibility index (Phi) is 2.94. The van der Waals surface area contributed by atoms with Crippen LogP contribution in [0.25, 0.3) is 0 Å². The quantitative estimate of drug-likeness (QED) is 0.807. The summed E-state index contributed by atoms with van der Waals surface area (Å²) in [6, 6.07) is 4.11. The van der Waals surface area contributed by atoms with E-state index in [9.17, 15) is 8.78 Å². The van der Waals surface area contributed by atoms with Crippen molar-refractivity contribution >= 4 is 0 Å². The fourth-order valence-electron chi connectivity index (χ4n) is 3.24. The molecule has 0 saturated heterocycles. The minimum Gasteiger partial charge on any atom is -0.307 e. The third-order valence-corrected chi connectivity index (χ3v) is 4.26. The zero-order valence-corrected chi connectivity index (χ0v) is 10.4. The van der Waals surface area contributed by atoms with Gasteiger partial charge in [-0.25, -0.2) is 8.78 Å². The molecule has 1 fully saturated rings. The van der Waals surface area contributed by atoms with Crippen LogP contribution >= 0.6 is 0 Å². The summed E-state index contributed by atoms with van der Waals surface area (Å²) in [4.78, 5) is 0. The Morgan fingerprint density at radius 2 is 2.00 bits per heavy atom. The molecule has 3 rings (SSSR count). The molecule has 0 spiro atoms. The lowest BCUT2D eigenvalue weighted by Gasteiger charge is -2.42. The molecule has 1 aromatic rings. The number of allylic oxidation sites excluding steroid dienone is 1. The number of hydrogen-bond donors (Lipinski definition) is 1. The average molecular weight is 249 g/mol. The fraction of sp³-hybridized carbons (Fsp3) is 0.467. The predicted molar refractivity (Wildman–Crippen MR) is 67.1 cm³/mol. The van der Waals surface area contributed by atoms with Crippen molar-refractivity contribution in [2.24, 2.45) is 11.8 Å². The van der Waals surface area contributed by atoms with E-state index in [1.54, 1.807) is 0 Å². The summed E-state index contributed by atoms with van der Waals surface area (Å²) in [5.74, 6) is 0.378. The molecule has 18 heavy (non-hydrogen) atoms. The second-order valence-corrected chi connectivity index (χ2v) is 5.37. The van der Waals surface area contributed by atoms with Gasteiger partial charge in [-0.3, -0.25) is 0 Å². The van der Waals surface area contributed by atoms with Gasteiger partial charge < -0.3 is 5.32 Å². The molecule has 0 amide bonds. The van der Waals surface area contributed by atoms with Gasteiger partial charge in [0, 0.05) is 17.6 Å². The molecule has 4 unspecified atom stereocenters. The monoisotopic (exact) mass is 249 g/mol. The van der Waals surface area contributed by atoms with E-state index in [0.717, 1.165) is 18.8 Å². The Morgan fingerprint density at radius 1 is 1.28 bits per heavy atom. The molecular formula is C15H17F2N. The van der Waals surface area contributed by atoms with Crippen LogP contribution in [0.2, 0.25) is 0 Å². The summed E-state index contributed by atoms with van der Waals surface area (Å²) in [7, 11) is 0. The highest BCUT2D eigenvalue weighted by Gasteiger charge is 2.41. The summed E-state index contributed by atoms with van der Waals surface area (Å²) in [5.41, 5.74) is 0.155. The van der Waals surface area contributed by atoms with Gasteiger partial charge in [-0.05, 0) is 43.7 Å². The van der Waals surface area contributed by atoms with Crippen LogP contribution in [0, 0.1) is 23.5 Å². The third kappa shape index (κ3) is 1.87. The maximum absolute atomic E-state index is 13.6. The highest BCUT2D eigenvalue weighted by atomic mass is 19.1. The van der Waals surface area contributed by atoms with E-state index in [1.807, 2.05) is 6.92 Å². The molecule has 0 heterocycles. The number of fused-ring (bicyclic) bond motifs is 1. The average Bonchev–Trinajstić information content (AvgIpc) is 2.67. The first-order valence-corrected chi connectivity index (χ1v) is 6.53. The first-order chi connectivity index (χ1) is 8.66. The summed E-state index contributed by atoms with van der Waals surface area (Å²) in [6.45, 7) is 1.83. The zero-order chi connectivity index (χ0) is 12.7. The molecular weight excluding hydrogens is 232 g/mol. The van der Waals surface area contributed by atoms with E-state index in [4.69, 9.17) is 0 Å². The lowest BCUT2D eigenvalue weighted by molar-refractivity contribution is 0.151. The summed E-state index contributed by atoms with van der Waals surface area (Å²) >= 11 is 0. The minimum absolute atomic E-state index is 0.155. The van der Waals surface area contributed by atoms with Crippen molar-refractivity contribution < 1.29 is 8.78 Å². The van der Waals surface area contributed by atoms with Gasteiger partial charge >= 0.3 is 0 Å². The SMILES string of the molecule is CC(NC1CC2CC=CC21)c1c(F)cccc1F. The minimum atomic E-state index is -0.465. The van der Waals surface area contributed by atoms with Crippen LogP contribution in [0.15, 0.2) is 30.4 Å². The number of halogens is 2. The number of nitrogens with one attached hydrogen (secondary N) is 1. The van der Waals surface area contributed by atoms with E-state index in [2.05, 4.69) is 17.5 Å². The molecule has 1 nitrogen and oxygen atoms in total. The molecule has 1 aromatic carbocycles. The second kappa shape index (κ2) is 4.47. The highest BCUT2D eigenvalue weighted by molar-refractivity contribution is 5.24. The Morgan fingerprint density at radius 3 is 2.67 bits per heavy atom. The van der Waals surface area contributed by atoms with Gasteiger partial charge in [0.2, 0.25) is 0 Å². The maximum atomic E-state index is 13.6. The van der Waals surface area contributed by atoms with Gasteiger partial charge in [-0.2, -0.15) is 0 Å². The van der Waals surface area contributed by atoms with Crippen molar-refractivity contribution in [3.05, 3.63) is 47.5 Å². The van der Waals surface area contributed by atoms with Crippen LogP contribution in [0.4, 0.5) is 8.78 Å². The Hall–Kier alpha value is -1.22. The van der Waals surface area contributed by atoms with Crippen LogP contribution in [-0.4, -0.2) is 6.04 Å². The highest BCUT2D eigenvalue weighted by Crippen LogP contribution is 2.43. The second-order valence-electron chi connectivity index (χ2n) is 5.37. The van der Waals surface area contributed by atoms with E-state index in [0.29, 0.717) is 12.0 Å². The largest absolute Gasteiger partial charge is 0.307 e. The van der Waals surface area contributed by atoms with Crippen molar-refractivity contribution in [2.75, 3.05) is 0 Å². The lowest BCUT2D eigenvalue weighted by atomic mass is 9.71.